The van der Waals surface area contributed by atoms with Crippen molar-refractivity contribution in [3.05, 3.63) is 78.4 Å². The Hall–Kier alpha value is -3.73. The molecule has 0 saturated carbocycles. The van der Waals surface area contributed by atoms with Gasteiger partial charge in [0.25, 0.3) is 15.9 Å². The number of sulfonamides is 1. The highest BCUT2D eigenvalue weighted by molar-refractivity contribution is 7.92. The first-order valence-corrected chi connectivity index (χ1v) is 10.9. The summed E-state index contributed by atoms with van der Waals surface area (Å²) >= 11 is 0. The monoisotopic (exact) mass is 480 g/mol. The van der Waals surface area contributed by atoms with Gasteiger partial charge in [0.1, 0.15) is 11.5 Å². The molecule has 0 atom stereocenters. The maximum absolute atomic E-state index is 12.8. The molecule has 0 radical (unpaired) electrons. The Labute approximate surface area is 188 Å². The number of hydrogen-bond acceptors (Lipinski definition) is 5. The molecule has 0 saturated heterocycles. The summed E-state index contributed by atoms with van der Waals surface area (Å²) in [5.74, 6) is 0.640. The molecule has 7 nitrogen and oxygen atoms in total. The summed E-state index contributed by atoms with van der Waals surface area (Å²) in [5, 5.41) is 2.56. The molecule has 0 fully saturated rings. The summed E-state index contributed by atoms with van der Waals surface area (Å²) in [5.41, 5.74) is -0.883. The molecule has 0 bridgehead atoms. The minimum atomic E-state index is -4.60. The molecule has 0 aliphatic rings. The fraction of sp³-hybridized carbons (Fsp3) is 0.136. The van der Waals surface area contributed by atoms with Gasteiger partial charge in [-0.1, -0.05) is 6.07 Å². The number of ether oxygens (including phenoxy) is 2. The Balaban J connectivity index is 1.60. The van der Waals surface area contributed by atoms with Crippen LogP contribution in [-0.4, -0.2) is 28.0 Å². The lowest BCUT2D eigenvalue weighted by Crippen LogP contribution is -2.20. The molecule has 0 aliphatic carbocycles. The van der Waals surface area contributed by atoms with Gasteiger partial charge in [-0.3, -0.25) is 9.52 Å². The van der Waals surface area contributed by atoms with Gasteiger partial charge in [0.05, 0.1) is 17.6 Å². The first-order valence-electron chi connectivity index (χ1n) is 9.44. The number of amides is 1. The third-order valence-electron chi connectivity index (χ3n) is 4.32. The van der Waals surface area contributed by atoms with Crippen LogP contribution in [0.1, 0.15) is 5.56 Å². The van der Waals surface area contributed by atoms with Gasteiger partial charge in [0.2, 0.25) is 0 Å². The minimum absolute atomic E-state index is 0.188. The van der Waals surface area contributed by atoms with Crippen molar-refractivity contribution in [1.82, 2.24) is 0 Å². The molecular weight excluding hydrogens is 461 g/mol. The van der Waals surface area contributed by atoms with E-state index in [0.29, 0.717) is 23.3 Å². The van der Waals surface area contributed by atoms with Crippen molar-refractivity contribution in [2.45, 2.75) is 11.1 Å². The van der Waals surface area contributed by atoms with E-state index in [-0.39, 0.29) is 17.2 Å². The van der Waals surface area contributed by atoms with Gasteiger partial charge in [-0.15, -0.1) is 0 Å². The van der Waals surface area contributed by atoms with Crippen LogP contribution in [0.15, 0.2) is 77.7 Å². The molecule has 1 amide bonds. The number of rotatable bonds is 8. The predicted octanol–water partition coefficient (Wildman–Crippen LogP) is 4.53. The molecule has 2 N–H and O–H groups in total. The quantitative estimate of drug-likeness (QED) is 0.494. The van der Waals surface area contributed by atoms with Crippen LogP contribution in [0, 0.1) is 0 Å². The van der Waals surface area contributed by atoms with Crippen LogP contribution in [0.4, 0.5) is 24.5 Å². The highest BCUT2D eigenvalue weighted by atomic mass is 32.2. The topological polar surface area (TPSA) is 93.7 Å². The van der Waals surface area contributed by atoms with Gasteiger partial charge in [0.15, 0.2) is 6.61 Å². The van der Waals surface area contributed by atoms with Crippen LogP contribution in [0.3, 0.4) is 0 Å². The fourth-order valence-electron chi connectivity index (χ4n) is 2.71. The number of nitrogens with one attached hydrogen (secondary N) is 2. The van der Waals surface area contributed by atoms with E-state index in [1.165, 1.54) is 37.4 Å². The highest BCUT2D eigenvalue weighted by Gasteiger charge is 2.30. The Morgan fingerprint density at radius 3 is 2.15 bits per heavy atom. The molecule has 3 aromatic carbocycles. The molecule has 174 valence electrons. The molecule has 0 aliphatic heterocycles. The van der Waals surface area contributed by atoms with E-state index >= 15 is 0 Å². The van der Waals surface area contributed by atoms with Crippen molar-refractivity contribution in [3.8, 4) is 11.5 Å². The highest BCUT2D eigenvalue weighted by Crippen LogP contribution is 2.31. The number of halogens is 3. The average Bonchev–Trinajstić information content (AvgIpc) is 2.78. The number of hydrogen-bond donors (Lipinski definition) is 2. The largest absolute Gasteiger partial charge is 0.497 e. The molecule has 0 unspecified atom stereocenters. The maximum Gasteiger partial charge on any atom is 0.416 e. The Bertz CT molecular complexity index is 1210. The lowest BCUT2D eigenvalue weighted by atomic mass is 10.2. The van der Waals surface area contributed by atoms with Crippen molar-refractivity contribution in [1.29, 1.82) is 0 Å². The Kier molecular flexibility index (Phi) is 7.12. The van der Waals surface area contributed by atoms with Crippen LogP contribution >= 0.6 is 0 Å². The second-order valence-corrected chi connectivity index (χ2v) is 8.40. The van der Waals surface area contributed by atoms with Crippen molar-refractivity contribution >= 4 is 27.3 Å². The Morgan fingerprint density at radius 1 is 0.909 bits per heavy atom. The summed E-state index contributed by atoms with van der Waals surface area (Å²) in [4.78, 5) is 11.9. The van der Waals surface area contributed by atoms with E-state index in [1.54, 1.807) is 24.3 Å². The van der Waals surface area contributed by atoms with E-state index in [4.69, 9.17) is 9.47 Å². The number of alkyl halides is 3. The van der Waals surface area contributed by atoms with E-state index in [0.717, 1.165) is 12.1 Å². The maximum atomic E-state index is 12.8. The molecule has 0 heterocycles. The van der Waals surface area contributed by atoms with E-state index in [2.05, 4.69) is 10.0 Å². The molecular formula is C22H19F3N2O5S. The first kappa shape index (κ1) is 23.9. The number of carbonyl (C=O) groups is 1. The average molecular weight is 480 g/mol. The fourth-order valence-corrected chi connectivity index (χ4v) is 3.76. The SMILES string of the molecule is COc1ccc(OCC(=O)Nc2ccc(S(=O)(=O)Nc3cccc(C(F)(F)F)c3)cc2)cc1. The van der Waals surface area contributed by atoms with Crippen molar-refractivity contribution in [2.75, 3.05) is 23.8 Å². The summed E-state index contributed by atoms with van der Waals surface area (Å²) in [6.07, 6.45) is -4.60. The van der Waals surface area contributed by atoms with Crippen LogP contribution in [0.25, 0.3) is 0 Å². The lowest BCUT2D eigenvalue weighted by molar-refractivity contribution is -0.137. The van der Waals surface area contributed by atoms with E-state index in [9.17, 15) is 26.4 Å². The van der Waals surface area contributed by atoms with Crippen molar-refractivity contribution < 1.29 is 35.9 Å². The molecule has 3 aromatic rings. The van der Waals surface area contributed by atoms with Gasteiger partial charge < -0.3 is 14.8 Å². The number of benzene rings is 3. The first-order chi connectivity index (χ1) is 15.6. The Morgan fingerprint density at radius 2 is 1.55 bits per heavy atom. The summed E-state index contributed by atoms with van der Waals surface area (Å²) in [7, 11) is -2.61. The zero-order chi connectivity index (χ0) is 24.1. The number of carbonyl (C=O) groups excluding carboxylic acids is 1. The molecule has 0 aromatic heterocycles. The van der Waals surface area contributed by atoms with Crippen molar-refractivity contribution in [2.24, 2.45) is 0 Å². The van der Waals surface area contributed by atoms with Crippen LogP contribution < -0.4 is 19.5 Å². The van der Waals surface area contributed by atoms with Gasteiger partial charge in [-0.25, -0.2) is 8.42 Å². The number of methoxy groups -OCH3 is 1. The standard InChI is InChI=1S/C22H19F3N2O5S/c1-31-18-7-9-19(10-8-18)32-14-21(28)26-16-5-11-20(12-6-16)33(29,30)27-17-4-2-3-15(13-17)22(23,24)25/h2-13,27H,14H2,1H3,(H,26,28). The molecule has 0 spiro atoms. The summed E-state index contributed by atoms with van der Waals surface area (Å²) in [6, 6.07) is 15.6. The van der Waals surface area contributed by atoms with E-state index < -0.39 is 27.7 Å². The second kappa shape index (κ2) is 9.82. The normalized spacial score (nSPS) is 11.5. The van der Waals surface area contributed by atoms with Gasteiger partial charge in [-0.05, 0) is 66.7 Å². The van der Waals surface area contributed by atoms with Gasteiger partial charge >= 0.3 is 6.18 Å². The van der Waals surface area contributed by atoms with Gasteiger partial charge in [-0.2, -0.15) is 13.2 Å². The zero-order valence-electron chi connectivity index (χ0n) is 17.2. The third kappa shape index (κ3) is 6.62. The predicted molar refractivity (Wildman–Crippen MR) is 116 cm³/mol. The number of anilines is 2. The molecule has 33 heavy (non-hydrogen) atoms. The summed E-state index contributed by atoms with van der Waals surface area (Å²) < 4.78 is 76.0. The smallest absolute Gasteiger partial charge is 0.416 e. The zero-order valence-corrected chi connectivity index (χ0v) is 18.0. The van der Waals surface area contributed by atoms with Crippen LogP contribution in [-0.2, 0) is 21.0 Å². The minimum Gasteiger partial charge on any atom is -0.497 e. The third-order valence-corrected chi connectivity index (χ3v) is 5.72. The van der Waals surface area contributed by atoms with Crippen molar-refractivity contribution in [3.63, 3.8) is 0 Å². The van der Waals surface area contributed by atoms with Crippen LogP contribution in [0.5, 0.6) is 11.5 Å². The lowest BCUT2D eigenvalue weighted by Gasteiger charge is -2.12. The second-order valence-electron chi connectivity index (χ2n) is 6.72. The van der Waals surface area contributed by atoms with Crippen LogP contribution in [0.2, 0.25) is 0 Å². The molecule has 11 heteroatoms. The summed E-state index contributed by atoms with van der Waals surface area (Å²) in [6.45, 7) is -0.274. The molecule has 3 rings (SSSR count). The van der Waals surface area contributed by atoms with Gasteiger partial charge in [0, 0.05) is 11.4 Å². The van der Waals surface area contributed by atoms with E-state index in [1.807, 2.05) is 0 Å².